The molecule has 0 bridgehead atoms. The third-order valence-corrected chi connectivity index (χ3v) is 3.48. The van der Waals surface area contributed by atoms with Gasteiger partial charge in [-0.1, -0.05) is 0 Å². The summed E-state index contributed by atoms with van der Waals surface area (Å²) in [6, 6.07) is 6.23. The highest BCUT2D eigenvalue weighted by Crippen LogP contribution is 2.38. The van der Waals surface area contributed by atoms with Crippen LogP contribution in [0.3, 0.4) is 0 Å². The van der Waals surface area contributed by atoms with Gasteiger partial charge in [0.25, 0.3) is 0 Å². The van der Waals surface area contributed by atoms with E-state index in [4.69, 9.17) is 18.6 Å². The summed E-state index contributed by atoms with van der Waals surface area (Å²) in [5.74, 6) is 0.628. The van der Waals surface area contributed by atoms with Gasteiger partial charge < -0.3 is 23.7 Å². The van der Waals surface area contributed by atoms with Gasteiger partial charge in [-0.25, -0.2) is 0 Å². The fraction of sp³-hybridized carbons (Fsp3) is 0.188. The van der Waals surface area contributed by atoms with Crippen molar-refractivity contribution in [2.75, 3.05) is 21.3 Å². The van der Waals surface area contributed by atoms with Gasteiger partial charge in [0.15, 0.2) is 23.0 Å². The van der Waals surface area contributed by atoms with Gasteiger partial charge in [-0.15, -0.1) is 0 Å². The zero-order chi connectivity index (χ0) is 15.9. The van der Waals surface area contributed by atoms with E-state index in [2.05, 4.69) is 0 Å². The summed E-state index contributed by atoms with van der Waals surface area (Å²) in [5, 5.41) is 10.3. The zero-order valence-electron chi connectivity index (χ0n) is 12.3. The summed E-state index contributed by atoms with van der Waals surface area (Å²) >= 11 is 0. The van der Waals surface area contributed by atoms with Gasteiger partial charge in [0.05, 0.1) is 21.3 Å². The summed E-state index contributed by atoms with van der Waals surface area (Å²) in [6.45, 7) is 0. The molecule has 0 aliphatic rings. The second-order valence-corrected chi connectivity index (χ2v) is 4.60. The minimum Gasteiger partial charge on any atom is -0.504 e. The number of ether oxygens (including phenoxy) is 3. The molecule has 0 aliphatic heterocycles. The standard InChI is InChI=1S/C16H14O6/c1-19-11-7-6-10-13(16(11)21-3)14(18)12-9(22-10)5-4-8(17)15(12)20-2/h4-7,17H,1-3H3. The molecule has 1 heterocycles. The molecule has 114 valence electrons. The molecule has 0 fully saturated rings. The quantitative estimate of drug-likeness (QED) is 0.749. The van der Waals surface area contributed by atoms with Crippen LogP contribution in [0, 0.1) is 0 Å². The van der Waals surface area contributed by atoms with E-state index in [0.717, 1.165) is 0 Å². The van der Waals surface area contributed by atoms with Crippen molar-refractivity contribution in [3.63, 3.8) is 0 Å². The van der Waals surface area contributed by atoms with Crippen molar-refractivity contribution in [2.24, 2.45) is 0 Å². The van der Waals surface area contributed by atoms with Crippen LogP contribution in [0.25, 0.3) is 21.9 Å². The second-order valence-electron chi connectivity index (χ2n) is 4.60. The molecule has 6 heteroatoms. The molecule has 1 aromatic heterocycles. The molecule has 0 spiro atoms. The van der Waals surface area contributed by atoms with Gasteiger partial charge in [0.2, 0.25) is 5.43 Å². The van der Waals surface area contributed by atoms with Crippen molar-refractivity contribution < 1.29 is 23.7 Å². The van der Waals surface area contributed by atoms with Crippen LogP contribution >= 0.6 is 0 Å². The third-order valence-electron chi connectivity index (χ3n) is 3.48. The summed E-state index contributed by atoms with van der Waals surface area (Å²) in [6.07, 6.45) is 0. The monoisotopic (exact) mass is 302 g/mol. The molecule has 1 N–H and O–H groups in total. The highest BCUT2D eigenvalue weighted by Gasteiger charge is 2.20. The Labute approximate surface area is 125 Å². The molecule has 0 saturated heterocycles. The number of hydrogen-bond acceptors (Lipinski definition) is 6. The first-order chi connectivity index (χ1) is 10.6. The van der Waals surface area contributed by atoms with Crippen LogP contribution in [0.1, 0.15) is 0 Å². The Kier molecular flexibility index (Phi) is 3.29. The summed E-state index contributed by atoms with van der Waals surface area (Å²) in [4.78, 5) is 12.9. The normalized spacial score (nSPS) is 10.9. The van der Waals surface area contributed by atoms with E-state index in [0.29, 0.717) is 16.9 Å². The summed E-state index contributed by atoms with van der Waals surface area (Å²) in [5.41, 5.74) is 0.321. The number of phenolic OH excluding ortho intramolecular Hbond substituents is 1. The maximum atomic E-state index is 12.9. The maximum Gasteiger partial charge on any atom is 0.208 e. The number of fused-ring (bicyclic) bond motifs is 2. The first kappa shape index (κ1) is 14.1. The van der Waals surface area contributed by atoms with Crippen LogP contribution in [-0.2, 0) is 0 Å². The number of benzene rings is 2. The lowest BCUT2D eigenvalue weighted by atomic mass is 10.1. The topological polar surface area (TPSA) is 78.1 Å². The molecule has 3 rings (SSSR count). The molecular formula is C16H14O6. The van der Waals surface area contributed by atoms with E-state index in [1.165, 1.54) is 33.5 Å². The van der Waals surface area contributed by atoms with Crippen molar-refractivity contribution in [1.29, 1.82) is 0 Å². The molecule has 3 aromatic rings. The third kappa shape index (κ3) is 1.84. The Morgan fingerprint density at radius 1 is 0.864 bits per heavy atom. The lowest BCUT2D eigenvalue weighted by Crippen LogP contribution is -2.06. The Balaban J connectivity index is 2.58. The molecule has 6 nitrogen and oxygen atoms in total. The van der Waals surface area contributed by atoms with E-state index >= 15 is 0 Å². The molecule has 2 aromatic carbocycles. The number of aromatic hydroxyl groups is 1. The van der Waals surface area contributed by atoms with Gasteiger partial charge in [-0.05, 0) is 24.3 Å². The Morgan fingerprint density at radius 2 is 1.45 bits per heavy atom. The number of hydrogen-bond donors (Lipinski definition) is 1. The highest BCUT2D eigenvalue weighted by molar-refractivity contribution is 5.98. The minimum atomic E-state index is -0.361. The van der Waals surface area contributed by atoms with E-state index in [-0.39, 0.29) is 33.4 Å². The first-order valence-electron chi connectivity index (χ1n) is 6.49. The Morgan fingerprint density at radius 3 is 2.05 bits per heavy atom. The van der Waals surface area contributed by atoms with Crippen LogP contribution in [0.4, 0.5) is 0 Å². The van der Waals surface area contributed by atoms with E-state index in [9.17, 15) is 9.90 Å². The molecule has 0 saturated carbocycles. The molecule has 0 radical (unpaired) electrons. The fourth-order valence-corrected chi connectivity index (χ4v) is 2.51. The summed E-state index contributed by atoms with van der Waals surface area (Å²) in [7, 11) is 4.31. The zero-order valence-corrected chi connectivity index (χ0v) is 12.3. The molecule has 0 amide bonds. The lowest BCUT2D eigenvalue weighted by molar-refractivity contribution is 0.358. The molecule has 0 unspecified atom stereocenters. The first-order valence-corrected chi connectivity index (χ1v) is 6.49. The van der Waals surface area contributed by atoms with Gasteiger partial charge >= 0.3 is 0 Å². The van der Waals surface area contributed by atoms with E-state index in [1.807, 2.05) is 0 Å². The van der Waals surface area contributed by atoms with Crippen LogP contribution < -0.4 is 19.6 Å². The highest BCUT2D eigenvalue weighted by atomic mass is 16.5. The SMILES string of the molecule is COc1ccc2oc3ccc(O)c(OC)c3c(=O)c2c1OC. The smallest absolute Gasteiger partial charge is 0.208 e. The molecular weight excluding hydrogens is 288 g/mol. The van der Waals surface area contributed by atoms with Crippen molar-refractivity contribution in [2.45, 2.75) is 0 Å². The van der Waals surface area contributed by atoms with Crippen molar-refractivity contribution in [3.05, 3.63) is 34.5 Å². The fourth-order valence-electron chi connectivity index (χ4n) is 2.51. The second kappa shape index (κ2) is 5.14. The predicted octanol–water partition coefficient (Wildman–Crippen LogP) is 2.68. The maximum absolute atomic E-state index is 12.9. The number of methoxy groups -OCH3 is 3. The van der Waals surface area contributed by atoms with Gasteiger partial charge in [0, 0.05) is 0 Å². The molecule has 22 heavy (non-hydrogen) atoms. The number of rotatable bonds is 3. The van der Waals surface area contributed by atoms with Crippen LogP contribution in [-0.4, -0.2) is 26.4 Å². The van der Waals surface area contributed by atoms with Crippen molar-refractivity contribution >= 4 is 21.9 Å². The predicted molar refractivity (Wildman–Crippen MR) is 81.3 cm³/mol. The Hall–Kier alpha value is -2.89. The van der Waals surface area contributed by atoms with Crippen LogP contribution in [0.15, 0.2) is 33.5 Å². The van der Waals surface area contributed by atoms with Gasteiger partial charge in [0.1, 0.15) is 21.9 Å². The molecule has 0 atom stereocenters. The van der Waals surface area contributed by atoms with Crippen LogP contribution in [0.5, 0.6) is 23.0 Å². The lowest BCUT2D eigenvalue weighted by Gasteiger charge is -2.12. The largest absolute Gasteiger partial charge is 0.504 e. The van der Waals surface area contributed by atoms with Gasteiger partial charge in [-0.2, -0.15) is 0 Å². The average molecular weight is 302 g/mol. The Bertz CT molecular complexity index is 925. The van der Waals surface area contributed by atoms with Crippen molar-refractivity contribution in [3.8, 4) is 23.0 Å². The summed E-state index contributed by atoms with van der Waals surface area (Å²) < 4.78 is 21.4. The van der Waals surface area contributed by atoms with Gasteiger partial charge in [-0.3, -0.25) is 4.79 Å². The van der Waals surface area contributed by atoms with Crippen LogP contribution in [0.2, 0.25) is 0 Å². The van der Waals surface area contributed by atoms with E-state index < -0.39 is 0 Å². The molecule has 0 aliphatic carbocycles. The number of phenols is 1. The minimum absolute atomic E-state index is 0.0676. The van der Waals surface area contributed by atoms with E-state index in [1.54, 1.807) is 12.1 Å². The van der Waals surface area contributed by atoms with Crippen molar-refractivity contribution in [1.82, 2.24) is 0 Å². The average Bonchev–Trinajstić information content (AvgIpc) is 2.54.